The molecule has 0 saturated carbocycles. The fourth-order valence-corrected chi connectivity index (χ4v) is 5.01. The van der Waals surface area contributed by atoms with Crippen LogP contribution in [0.2, 0.25) is 0 Å². The fraction of sp³-hybridized carbons (Fsp3) is 0.500. The molecule has 5 rings (SSSR count). The molecule has 0 aliphatic carbocycles. The first-order valence-corrected chi connectivity index (χ1v) is 11.8. The molecule has 10 heteroatoms. The monoisotopic (exact) mass is 472 g/mol. The third-order valence-corrected chi connectivity index (χ3v) is 6.76. The molecule has 1 aromatic carbocycles. The van der Waals surface area contributed by atoms with Gasteiger partial charge >= 0.3 is 6.18 Å². The lowest BCUT2D eigenvalue weighted by molar-refractivity contribution is -0.143. The van der Waals surface area contributed by atoms with Crippen LogP contribution in [0.15, 0.2) is 30.5 Å². The smallest absolute Gasteiger partial charge is 0.338 e. The molecule has 180 valence electrons. The quantitative estimate of drug-likeness (QED) is 0.561. The number of aromatic nitrogens is 5. The second-order valence-electron chi connectivity index (χ2n) is 9.18. The Bertz CT molecular complexity index is 1180. The van der Waals surface area contributed by atoms with Crippen LogP contribution >= 0.6 is 0 Å². The summed E-state index contributed by atoms with van der Waals surface area (Å²) in [6.07, 6.45) is 2.00. The van der Waals surface area contributed by atoms with E-state index in [1.54, 1.807) is 24.3 Å². The number of alkyl halides is 3. The standard InChI is InChI=1S/C24H27F3N6O/c1-16-8-10-18(11-9-16)33-21(24(25,26)27)19(14-28-33)23(34)31-12-5-6-17(15-31)22-30-29-20-7-3-2-4-13-32(20)22/h8-11,14,17H,2-7,12-13,15H2,1H3. The third-order valence-electron chi connectivity index (χ3n) is 6.76. The van der Waals surface area contributed by atoms with Gasteiger partial charge in [0.1, 0.15) is 11.6 Å². The summed E-state index contributed by atoms with van der Waals surface area (Å²) in [6.45, 7) is 3.44. The third kappa shape index (κ3) is 4.21. The van der Waals surface area contributed by atoms with E-state index >= 15 is 0 Å². The SMILES string of the molecule is Cc1ccc(-n2ncc(C(=O)N3CCCC(c4nnc5n4CCCCC5)C3)c2C(F)(F)F)cc1. The first-order chi connectivity index (χ1) is 16.3. The van der Waals surface area contributed by atoms with Gasteiger partial charge in [-0.1, -0.05) is 24.1 Å². The Morgan fingerprint density at radius 1 is 1.03 bits per heavy atom. The number of hydrogen-bond acceptors (Lipinski definition) is 4. The number of carbonyl (C=O) groups is 1. The van der Waals surface area contributed by atoms with Crippen LogP contribution in [0.25, 0.3) is 5.69 Å². The zero-order chi connectivity index (χ0) is 23.9. The lowest BCUT2D eigenvalue weighted by atomic mass is 9.96. The van der Waals surface area contributed by atoms with Gasteiger partial charge in [-0.3, -0.25) is 4.79 Å². The predicted octanol–water partition coefficient (Wildman–Crippen LogP) is 4.54. The molecule has 2 aliphatic heterocycles. The number of halogens is 3. The van der Waals surface area contributed by atoms with E-state index < -0.39 is 23.3 Å². The van der Waals surface area contributed by atoms with Gasteiger partial charge in [0, 0.05) is 32.0 Å². The number of benzene rings is 1. The zero-order valence-corrected chi connectivity index (χ0v) is 19.1. The largest absolute Gasteiger partial charge is 0.434 e. The Kier molecular flexibility index (Phi) is 5.91. The highest BCUT2D eigenvalue weighted by Gasteiger charge is 2.42. The lowest BCUT2D eigenvalue weighted by Crippen LogP contribution is -2.40. The van der Waals surface area contributed by atoms with Gasteiger partial charge in [0.2, 0.25) is 0 Å². The summed E-state index contributed by atoms with van der Waals surface area (Å²) >= 11 is 0. The van der Waals surface area contributed by atoms with Gasteiger partial charge in [0.05, 0.1) is 17.4 Å². The molecule has 1 amide bonds. The highest BCUT2D eigenvalue weighted by Crippen LogP contribution is 2.35. The first-order valence-electron chi connectivity index (χ1n) is 11.8. The molecule has 0 N–H and O–H groups in total. The number of nitrogens with zero attached hydrogens (tertiary/aromatic N) is 6. The normalized spacial score (nSPS) is 19.1. The van der Waals surface area contributed by atoms with E-state index in [9.17, 15) is 18.0 Å². The van der Waals surface area contributed by atoms with E-state index in [4.69, 9.17) is 0 Å². The maximum atomic E-state index is 14.1. The van der Waals surface area contributed by atoms with Crippen LogP contribution in [-0.2, 0) is 19.1 Å². The summed E-state index contributed by atoms with van der Waals surface area (Å²) in [5.74, 6) is 1.12. The van der Waals surface area contributed by atoms with Gasteiger partial charge in [-0.05, 0) is 44.7 Å². The van der Waals surface area contributed by atoms with Crippen LogP contribution in [0.1, 0.15) is 71.3 Å². The Hall–Kier alpha value is -3.17. The van der Waals surface area contributed by atoms with Crippen LogP contribution in [-0.4, -0.2) is 48.4 Å². The van der Waals surface area contributed by atoms with Gasteiger partial charge in [-0.25, -0.2) is 4.68 Å². The van der Waals surface area contributed by atoms with Crippen molar-refractivity contribution in [2.45, 2.75) is 64.1 Å². The summed E-state index contributed by atoms with van der Waals surface area (Å²) in [6, 6.07) is 6.57. The topological polar surface area (TPSA) is 68.8 Å². The first kappa shape index (κ1) is 22.6. The van der Waals surface area contributed by atoms with E-state index in [-0.39, 0.29) is 11.6 Å². The van der Waals surface area contributed by atoms with Crippen molar-refractivity contribution in [3.63, 3.8) is 0 Å². The average Bonchev–Trinajstić information content (AvgIpc) is 3.37. The molecule has 2 aromatic heterocycles. The van der Waals surface area contributed by atoms with Crippen LogP contribution in [0.3, 0.4) is 0 Å². The van der Waals surface area contributed by atoms with Crippen molar-refractivity contribution >= 4 is 5.91 Å². The molecule has 1 fully saturated rings. The van der Waals surface area contributed by atoms with E-state index in [1.807, 2.05) is 6.92 Å². The molecule has 0 spiro atoms. The Morgan fingerprint density at radius 2 is 1.82 bits per heavy atom. The Balaban J connectivity index is 1.43. The molecule has 1 atom stereocenters. The van der Waals surface area contributed by atoms with Crippen LogP contribution < -0.4 is 0 Å². The minimum atomic E-state index is -4.73. The molecule has 1 unspecified atom stereocenters. The molecule has 1 saturated heterocycles. The molecular weight excluding hydrogens is 445 g/mol. The second kappa shape index (κ2) is 8.88. The Labute approximate surface area is 195 Å². The van der Waals surface area contributed by atoms with Crippen molar-refractivity contribution in [2.24, 2.45) is 0 Å². The number of likely N-dealkylation sites (tertiary alicyclic amines) is 1. The number of amides is 1. The van der Waals surface area contributed by atoms with Crippen molar-refractivity contribution in [3.05, 3.63) is 58.9 Å². The van der Waals surface area contributed by atoms with Crippen molar-refractivity contribution in [3.8, 4) is 5.69 Å². The molecule has 2 aliphatic rings. The zero-order valence-electron chi connectivity index (χ0n) is 19.1. The number of hydrogen-bond donors (Lipinski definition) is 0. The molecule has 4 heterocycles. The van der Waals surface area contributed by atoms with Gasteiger partial charge in [0.15, 0.2) is 5.69 Å². The van der Waals surface area contributed by atoms with Crippen molar-refractivity contribution < 1.29 is 18.0 Å². The van der Waals surface area contributed by atoms with Gasteiger partial charge in [-0.15, -0.1) is 10.2 Å². The highest BCUT2D eigenvalue weighted by molar-refractivity contribution is 5.95. The second-order valence-corrected chi connectivity index (χ2v) is 9.18. The fourth-order valence-electron chi connectivity index (χ4n) is 5.01. The van der Waals surface area contributed by atoms with E-state index in [2.05, 4.69) is 19.9 Å². The van der Waals surface area contributed by atoms with Crippen molar-refractivity contribution in [2.75, 3.05) is 13.1 Å². The van der Waals surface area contributed by atoms with Crippen molar-refractivity contribution in [1.29, 1.82) is 0 Å². The highest BCUT2D eigenvalue weighted by atomic mass is 19.4. The van der Waals surface area contributed by atoms with Crippen LogP contribution in [0, 0.1) is 6.92 Å². The predicted molar refractivity (Wildman–Crippen MR) is 119 cm³/mol. The van der Waals surface area contributed by atoms with E-state index in [1.165, 1.54) is 4.90 Å². The molecule has 0 bridgehead atoms. The van der Waals surface area contributed by atoms with Crippen LogP contribution in [0.5, 0.6) is 0 Å². The molecule has 34 heavy (non-hydrogen) atoms. The summed E-state index contributed by atoms with van der Waals surface area (Å²) in [5.41, 5.74) is -0.278. The maximum absolute atomic E-state index is 14.1. The number of rotatable bonds is 3. The van der Waals surface area contributed by atoms with E-state index in [0.29, 0.717) is 19.5 Å². The number of aryl methyl sites for hydroxylation is 2. The maximum Gasteiger partial charge on any atom is 0.434 e. The summed E-state index contributed by atoms with van der Waals surface area (Å²) in [7, 11) is 0. The number of carbonyl (C=O) groups excluding carboxylic acids is 1. The van der Waals surface area contributed by atoms with E-state index in [0.717, 1.165) is 66.7 Å². The molecular formula is C24H27F3N6O. The van der Waals surface area contributed by atoms with Gasteiger partial charge in [-0.2, -0.15) is 18.3 Å². The minimum Gasteiger partial charge on any atom is -0.338 e. The Morgan fingerprint density at radius 3 is 2.59 bits per heavy atom. The average molecular weight is 473 g/mol. The minimum absolute atomic E-state index is 0.0430. The van der Waals surface area contributed by atoms with Gasteiger partial charge in [0.25, 0.3) is 5.91 Å². The summed E-state index contributed by atoms with van der Waals surface area (Å²) in [4.78, 5) is 14.9. The molecule has 7 nitrogen and oxygen atoms in total. The number of piperidine rings is 1. The number of fused-ring (bicyclic) bond motifs is 1. The van der Waals surface area contributed by atoms with Gasteiger partial charge < -0.3 is 9.47 Å². The molecule has 3 aromatic rings. The van der Waals surface area contributed by atoms with Crippen LogP contribution in [0.4, 0.5) is 13.2 Å². The summed E-state index contributed by atoms with van der Waals surface area (Å²) < 4.78 is 45.3. The molecule has 0 radical (unpaired) electrons. The summed E-state index contributed by atoms with van der Waals surface area (Å²) in [5, 5.41) is 12.7. The lowest BCUT2D eigenvalue weighted by Gasteiger charge is -2.32. The van der Waals surface area contributed by atoms with Crippen molar-refractivity contribution in [1.82, 2.24) is 29.4 Å².